The fourth-order valence-electron chi connectivity index (χ4n) is 3.46. The Balaban J connectivity index is 1.62. The van der Waals surface area contributed by atoms with Gasteiger partial charge in [0, 0.05) is 6.26 Å². The number of carbonyl (C=O) groups is 1. The molecule has 1 N–H and O–H groups in total. The summed E-state index contributed by atoms with van der Waals surface area (Å²) >= 11 is 0. The van der Waals surface area contributed by atoms with Gasteiger partial charge in [-0.15, -0.1) is 0 Å². The number of sulfone groups is 1. The maximum Gasteiger partial charge on any atom is 0.224 e. The summed E-state index contributed by atoms with van der Waals surface area (Å²) in [4.78, 5) is 12.7. The third-order valence-corrected chi connectivity index (χ3v) is 6.09. The van der Waals surface area contributed by atoms with Crippen LogP contribution in [0, 0.1) is 0 Å². The summed E-state index contributed by atoms with van der Waals surface area (Å²) in [7, 11) is -3.20. The molecule has 0 radical (unpaired) electrons. The van der Waals surface area contributed by atoms with E-state index in [1.165, 1.54) is 30.2 Å². The van der Waals surface area contributed by atoms with Crippen molar-refractivity contribution in [2.24, 2.45) is 0 Å². The number of hydrogen-bond acceptors (Lipinski definition) is 3. The molecule has 0 saturated heterocycles. The second-order valence-corrected chi connectivity index (χ2v) is 9.13. The molecule has 0 aliphatic heterocycles. The molecule has 1 aliphatic rings. The van der Waals surface area contributed by atoms with Crippen LogP contribution in [-0.4, -0.2) is 20.6 Å². The zero-order valence-electron chi connectivity index (χ0n) is 15.3. The third-order valence-electron chi connectivity index (χ3n) is 4.96. The molecule has 5 heteroatoms. The molecule has 0 aromatic heterocycles. The smallest absolute Gasteiger partial charge is 0.224 e. The maximum atomic E-state index is 12.4. The van der Waals surface area contributed by atoms with Crippen LogP contribution in [0.3, 0.4) is 0 Å². The molecule has 0 heterocycles. The summed E-state index contributed by atoms with van der Waals surface area (Å²) < 4.78 is 23.1. The second kappa shape index (κ2) is 7.62. The van der Waals surface area contributed by atoms with Gasteiger partial charge in [-0.1, -0.05) is 30.3 Å². The van der Waals surface area contributed by atoms with Gasteiger partial charge in [0.1, 0.15) is 0 Å². The number of benzene rings is 2. The average Bonchev–Trinajstić information content (AvgIpc) is 2.61. The van der Waals surface area contributed by atoms with E-state index in [4.69, 9.17) is 0 Å². The SMILES string of the molecule is CC(NC(=O)Cc1ccc2c(c1)CCCC2)c1ccc(S(C)(=O)=O)cc1. The molecule has 1 unspecified atom stereocenters. The molecule has 4 nitrogen and oxygen atoms in total. The average molecular weight is 372 g/mol. The van der Waals surface area contributed by atoms with Crippen LogP contribution in [-0.2, 0) is 33.9 Å². The molecule has 1 amide bonds. The molecule has 3 rings (SSSR count). The van der Waals surface area contributed by atoms with Gasteiger partial charge in [0.25, 0.3) is 0 Å². The van der Waals surface area contributed by atoms with Crippen molar-refractivity contribution < 1.29 is 13.2 Å². The monoisotopic (exact) mass is 371 g/mol. The summed E-state index contributed by atoms with van der Waals surface area (Å²) in [6, 6.07) is 12.9. The van der Waals surface area contributed by atoms with E-state index in [0.29, 0.717) is 6.42 Å². The van der Waals surface area contributed by atoms with Crippen molar-refractivity contribution in [1.82, 2.24) is 5.32 Å². The summed E-state index contributed by atoms with van der Waals surface area (Å²) in [6.07, 6.45) is 6.27. The van der Waals surface area contributed by atoms with E-state index < -0.39 is 9.84 Å². The highest BCUT2D eigenvalue weighted by Crippen LogP contribution is 2.22. The van der Waals surface area contributed by atoms with E-state index in [9.17, 15) is 13.2 Å². The van der Waals surface area contributed by atoms with Crippen molar-refractivity contribution in [2.45, 2.75) is 50.0 Å². The van der Waals surface area contributed by atoms with Crippen molar-refractivity contribution in [3.63, 3.8) is 0 Å². The predicted molar refractivity (Wildman–Crippen MR) is 103 cm³/mol. The minimum atomic E-state index is -3.20. The minimum Gasteiger partial charge on any atom is -0.349 e. The van der Waals surface area contributed by atoms with Gasteiger partial charge in [0.2, 0.25) is 5.91 Å². The summed E-state index contributed by atoms with van der Waals surface area (Å²) in [5, 5.41) is 2.99. The van der Waals surface area contributed by atoms with Crippen molar-refractivity contribution in [2.75, 3.05) is 6.26 Å². The summed E-state index contributed by atoms with van der Waals surface area (Å²) in [6.45, 7) is 1.90. The molecule has 2 aromatic rings. The van der Waals surface area contributed by atoms with Crippen LogP contribution in [0.25, 0.3) is 0 Å². The first-order chi connectivity index (χ1) is 12.3. The first kappa shape index (κ1) is 18.6. The van der Waals surface area contributed by atoms with Gasteiger partial charge in [-0.25, -0.2) is 8.42 Å². The Labute approximate surface area is 155 Å². The zero-order valence-corrected chi connectivity index (χ0v) is 16.1. The van der Waals surface area contributed by atoms with Crippen LogP contribution < -0.4 is 5.32 Å². The first-order valence-corrected chi connectivity index (χ1v) is 10.9. The molecule has 0 spiro atoms. The highest BCUT2D eigenvalue weighted by molar-refractivity contribution is 7.90. The number of fused-ring (bicyclic) bond motifs is 1. The van der Waals surface area contributed by atoms with Crippen LogP contribution in [0.2, 0.25) is 0 Å². The third kappa shape index (κ3) is 4.52. The lowest BCUT2D eigenvalue weighted by Crippen LogP contribution is -2.28. The quantitative estimate of drug-likeness (QED) is 0.876. The topological polar surface area (TPSA) is 63.2 Å². The van der Waals surface area contributed by atoms with Gasteiger partial charge >= 0.3 is 0 Å². The fourth-order valence-corrected chi connectivity index (χ4v) is 4.09. The van der Waals surface area contributed by atoms with Crippen LogP contribution in [0.15, 0.2) is 47.4 Å². The normalized spacial score (nSPS) is 15.2. The molecular weight excluding hydrogens is 346 g/mol. The predicted octanol–water partition coefficient (Wildman–Crippen LogP) is 3.39. The zero-order chi connectivity index (χ0) is 18.7. The lowest BCUT2D eigenvalue weighted by atomic mass is 9.90. The first-order valence-electron chi connectivity index (χ1n) is 9.03. The fraction of sp³-hybridized carbons (Fsp3) is 0.381. The van der Waals surface area contributed by atoms with E-state index in [2.05, 4.69) is 23.5 Å². The highest BCUT2D eigenvalue weighted by atomic mass is 32.2. The summed E-state index contributed by atoms with van der Waals surface area (Å²) in [5.41, 5.74) is 4.73. The number of rotatable bonds is 5. The van der Waals surface area contributed by atoms with Crippen molar-refractivity contribution in [3.05, 3.63) is 64.7 Å². The standard InChI is InChI=1S/C21H25NO3S/c1-15(17-9-11-20(12-10-17)26(2,24)25)22-21(23)14-16-7-8-18-5-3-4-6-19(18)13-16/h7-13,15H,3-6,14H2,1-2H3,(H,22,23). The van der Waals surface area contributed by atoms with Gasteiger partial charge in [-0.05, 0) is 67.0 Å². The lowest BCUT2D eigenvalue weighted by molar-refractivity contribution is -0.121. The van der Waals surface area contributed by atoms with Crippen LogP contribution in [0.1, 0.15) is 48.1 Å². The Hall–Kier alpha value is -2.14. The van der Waals surface area contributed by atoms with Crippen molar-refractivity contribution >= 4 is 15.7 Å². The van der Waals surface area contributed by atoms with Crippen molar-refractivity contribution in [1.29, 1.82) is 0 Å². The molecule has 0 bridgehead atoms. The number of carbonyl (C=O) groups excluding carboxylic acids is 1. The number of amides is 1. The van der Waals surface area contributed by atoms with Gasteiger partial charge < -0.3 is 5.32 Å². The molecule has 1 atom stereocenters. The molecule has 0 fully saturated rings. The Kier molecular flexibility index (Phi) is 5.47. The minimum absolute atomic E-state index is 0.0274. The lowest BCUT2D eigenvalue weighted by Gasteiger charge is -2.17. The van der Waals surface area contributed by atoms with Gasteiger partial charge in [0.05, 0.1) is 17.4 Å². The Morgan fingerprint density at radius 2 is 1.69 bits per heavy atom. The van der Waals surface area contributed by atoms with E-state index in [0.717, 1.165) is 24.0 Å². The van der Waals surface area contributed by atoms with Gasteiger partial charge in [0.15, 0.2) is 9.84 Å². The van der Waals surface area contributed by atoms with E-state index in [-0.39, 0.29) is 16.8 Å². The molecule has 1 aliphatic carbocycles. The molecule has 2 aromatic carbocycles. The van der Waals surface area contributed by atoms with Gasteiger partial charge in [-0.2, -0.15) is 0 Å². The molecular formula is C21H25NO3S. The van der Waals surface area contributed by atoms with E-state index in [1.807, 2.05) is 6.92 Å². The Morgan fingerprint density at radius 3 is 2.35 bits per heavy atom. The van der Waals surface area contributed by atoms with Gasteiger partial charge in [-0.3, -0.25) is 4.79 Å². The van der Waals surface area contributed by atoms with E-state index in [1.54, 1.807) is 24.3 Å². The number of aryl methyl sites for hydroxylation is 2. The molecule has 0 saturated carbocycles. The second-order valence-electron chi connectivity index (χ2n) is 7.12. The van der Waals surface area contributed by atoms with E-state index >= 15 is 0 Å². The Bertz CT molecular complexity index is 901. The largest absolute Gasteiger partial charge is 0.349 e. The molecule has 138 valence electrons. The molecule has 26 heavy (non-hydrogen) atoms. The number of nitrogens with one attached hydrogen (secondary N) is 1. The highest BCUT2D eigenvalue weighted by Gasteiger charge is 2.14. The van der Waals surface area contributed by atoms with Crippen LogP contribution in [0.5, 0.6) is 0 Å². The Morgan fingerprint density at radius 1 is 1.04 bits per heavy atom. The van der Waals surface area contributed by atoms with Crippen molar-refractivity contribution in [3.8, 4) is 0 Å². The summed E-state index contributed by atoms with van der Waals surface area (Å²) in [5.74, 6) is -0.0274. The number of hydrogen-bond donors (Lipinski definition) is 1. The van der Waals surface area contributed by atoms with Crippen LogP contribution in [0.4, 0.5) is 0 Å². The maximum absolute atomic E-state index is 12.4. The van der Waals surface area contributed by atoms with Crippen LogP contribution >= 0.6 is 0 Å².